The number of rotatable bonds is 1. The molecule has 2 aliphatic heterocycles. The molecule has 11 rings (SSSR count). The first-order valence-electron chi connectivity index (χ1n) is 16.7. The standard InChI is InChI=1S/C41H23N8.Al.ClH.H/c1-49-40-30-16-8-9-17-31(30)41(49)48-39-33-21-25-19-23-11-3-2-10-22(23)18-24(25)20-32(33)38(46-39)45-36-27-13-5-4-12-26(27)34(43-36)42-35-28-14-6-7-15-29(28)37(44-35)47-40;;;/h2-21H,1H3;;1H;/q-1;+2;;/p-1. The molecule has 5 heterocycles. The molecule has 0 fully saturated rings. The maximum absolute atomic E-state index is 6.91. The van der Waals surface area contributed by atoms with Gasteiger partial charge in [0.25, 0.3) is 0 Å². The Morgan fingerprint density at radius 3 is 1.24 bits per heavy atom. The molecule has 0 radical (unpaired) electrons. The number of halogens is 1. The molecule has 10 heteroatoms. The molecule has 0 unspecified atom stereocenters. The van der Waals surface area contributed by atoms with E-state index in [2.05, 4.69) is 76.3 Å². The van der Waals surface area contributed by atoms with E-state index in [1.54, 1.807) is 0 Å². The number of aromatic nitrogens is 8. The van der Waals surface area contributed by atoms with E-state index in [9.17, 15) is 0 Å². The summed E-state index contributed by atoms with van der Waals surface area (Å²) in [6, 6.07) is 41.8. The fourth-order valence-corrected chi connectivity index (χ4v) is 9.03. The molecule has 238 valence electrons. The van der Waals surface area contributed by atoms with E-state index in [0.29, 0.717) is 23.3 Å². The number of aryl methyl sites for hydroxylation is 1. The van der Waals surface area contributed by atoms with E-state index in [-0.39, 0.29) is 0 Å². The van der Waals surface area contributed by atoms with Crippen LogP contribution in [0, 0.1) is 0 Å². The summed E-state index contributed by atoms with van der Waals surface area (Å²) < 4.78 is 4.10. The molecule has 0 saturated carbocycles. The molecule has 9 aromatic rings. The van der Waals surface area contributed by atoms with Crippen LogP contribution in [0.5, 0.6) is 0 Å². The summed E-state index contributed by atoms with van der Waals surface area (Å²) >= 11 is -1.37. The zero-order valence-corrected chi connectivity index (χ0v) is 29.4. The lowest BCUT2D eigenvalue weighted by atomic mass is 9.98. The Bertz CT molecular complexity index is 3170. The molecule has 0 spiro atoms. The van der Waals surface area contributed by atoms with Crippen LogP contribution in [0.4, 0.5) is 0 Å². The molecular weight excluding hydrogens is 667 g/mol. The average molecular weight is 691 g/mol. The first kappa shape index (κ1) is 28.8. The lowest BCUT2D eigenvalue weighted by molar-refractivity contribution is 0.966. The van der Waals surface area contributed by atoms with Crippen molar-refractivity contribution in [1.82, 2.24) is 38.0 Å². The third-order valence-corrected chi connectivity index (χ3v) is 11.6. The summed E-state index contributed by atoms with van der Waals surface area (Å²) in [5.74, 6) is 2.37. The van der Waals surface area contributed by atoms with Crippen molar-refractivity contribution in [2.75, 3.05) is 0 Å². The predicted octanol–water partition coefficient (Wildman–Crippen LogP) is 9.01. The third kappa shape index (κ3) is 4.20. The maximum atomic E-state index is 6.91. The Hall–Kier alpha value is -5.98. The van der Waals surface area contributed by atoms with Gasteiger partial charge in [-0.15, -0.1) is 0 Å². The monoisotopic (exact) mass is 690 g/mol. The van der Waals surface area contributed by atoms with Crippen LogP contribution in [0.25, 0.3) is 111 Å². The van der Waals surface area contributed by atoms with Crippen molar-refractivity contribution >= 4 is 90.2 Å². The number of benzene rings is 6. The molecule has 2 aliphatic rings. The zero-order valence-electron chi connectivity index (χ0n) is 27.2. The van der Waals surface area contributed by atoms with Gasteiger partial charge in [-0.25, -0.2) is 40.0 Å². The predicted molar refractivity (Wildman–Crippen MR) is 208 cm³/mol. The smallest absolute Gasteiger partial charge is 0.392 e. The summed E-state index contributed by atoms with van der Waals surface area (Å²) in [5, 5.41) is 8.44. The second kappa shape index (κ2) is 10.8. The molecule has 6 aromatic carbocycles. The van der Waals surface area contributed by atoms with Crippen LogP contribution in [0.3, 0.4) is 0 Å². The minimum Gasteiger partial charge on any atom is -0.392 e. The molecule has 0 saturated heterocycles. The molecule has 3 aromatic heterocycles. The molecule has 51 heavy (non-hydrogen) atoms. The summed E-state index contributed by atoms with van der Waals surface area (Å²) in [7, 11) is 8.91. The van der Waals surface area contributed by atoms with Crippen molar-refractivity contribution in [2.24, 2.45) is 7.05 Å². The van der Waals surface area contributed by atoms with Crippen molar-refractivity contribution in [3.63, 3.8) is 0 Å². The maximum Gasteiger partial charge on any atom is 0.527 e. The largest absolute Gasteiger partial charge is 0.527 e. The van der Waals surface area contributed by atoms with Gasteiger partial charge in [0.1, 0.15) is 22.6 Å². The van der Waals surface area contributed by atoms with Crippen LogP contribution in [0.2, 0.25) is 0 Å². The van der Waals surface area contributed by atoms with Gasteiger partial charge in [-0.2, -0.15) is 0 Å². The Balaban J connectivity index is 1.36. The zero-order chi connectivity index (χ0) is 33.8. The van der Waals surface area contributed by atoms with Crippen LogP contribution < -0.4 is 0 Å². The summed E-state index contributed by atoms with van der Waals surface area (Å²) in [5.41, 5.74) is 6.67. The topological polar surface area (TPSA) is 87.2 Å². The van der Waals surface area contributed by atoms with Crippen LogP contribution in [0.1, 0.15) is 0 Å². The van der Waals surface area contributed by atoms with Gasteiger partial charge in [-0.3, -0.25) is 0 Å². The molecular formula is C41H24AlClN8. The quantitative estimate of drug-likeness (QED) is 0.126. The highest BCUT2D eigenvalue weighted by Crippen LogP contribution is 2.40. The first-order chi connectivity index (χ1) is 25.1. The Labute approximate surface area is 300 Å². The van der Waals surface area contributed by atoms with E-state index < -0.39 is 14.5 Å². The number of nitrogens with zero attached hydrogens (tertiary/aromatic N) is 8. The number of hydrogen-bond donors (Lipinski definition) is 0. The lowest BCUT2D eigenvalue weighted by Gasteiger charge is -2.06. The van der Waals surface area contributed by atoms with Gasteiger partial charge in [0.15, 0.2) is 23.3 Å². The molecule has 0 amide bonds. The van der Waals surface area contributed by atoms with E-state index >= 15 is 0 Å². The molecule has 0 aliphatic carbocycles. The molecule has 8 bridgehead atoms. The second-order valence-electron chi connectivity index (χ2n) is 12.9. The van der Waals surface area contributed by atoms with Crippen LogP contribution in [-0.4, -0.2) is 52.5 Å². The minimum atomic E-state index is -1.37. The number of hydrogen-bond acceptors (Lipinski definition) is 6. The molecule has 0 N–H and O–H groups in total. The van der Waals surface area contributed by atoms with Gasteiger partial charge >= 0.3 is 14.5 Å². The van der Waals surface area contributed by atoms with E-state index in [1.807, 2.05) is 60.1 Å². The van der Waals surface area contributed by atoms with E-state index in [1.165, 1.54) is 10.8 Å². The molecule has 0 atom stereocenters. The summed E-state index contributed by atoms with van der Waals surface area (Å²) in [6.45, 7) is 0. The van der Waals surface area contributed by atoms with Gasteiger partial charge in [-0.1, -0.05) is 97.1 Å². The summed E-state index contributed by atoms with van der Waals surface area (Å²) in [4.78, 5) is 31.4. The Morgan fingerprint density at radius 2 is 0.784 bits per heavy atom. The Morgan fingerprint density at radius 1 is 0.412 bits per heavy atom. The second-order valence-corrected chi connectivity index (χ2v) is 14.5. The highest BCUT2D eigenvalue weighted by atomic mass is 35.6. The van der Waals surface area contributed by atoms with Crippen molar-refractivity contribution in [3.8, 4) is 45.6 Å². The lowest BCUT2D eigenvalue weighted by Crippen LogP contribution is -2.01. The average Bonchev–Trinajstić information content (AvgIpc) is 3.86. The van der Waals surface area contributed by atoms with Crippen molar-refractivity contribution in [1.29, 1.82) is 0 Å². The van der Waals surface area contributed by atoms with Gasteiger partial charge in [-0.05, 0) is 45.8 Å². The first-order valence-corrected chi connectivity index (χ1v) is 19.5. The van der Waals surface area contributed by atoms with Crippen molar-refractivity contribution < 1.29 is 0 Å². The van der Waals surface area contributed by atoms with Gasteiger partial charge < -0.3 is 8.12 Å². The number of fused-ring (bicyclic) bond motifs is 22. The Kier molecular flexibility index (Phi) is 6.08. The SMILES string of the molecule is Cn1c2nc3nc(nc4c5ccccc5c(nc5nc(nc1c1ccccc12)-c1cc2cc6ccccc6cc2cc1-5)[n]4[AlH][Cl])-c1ccccc1-3. The van der Waals surface area contributed by atoms with Crippen LogP contribution >= 0.6 is 10.0 Å². The van der Waals surface area contributed by atoms with Crippen molar-refractivity contribution in [2.45, 2.75) is 0 Å². The van der Waals surface area contributed by atoms with Crippen LogP contribution in [0.15, 0.2) is 121 Å². The van der Waals surface area contributed by atoms with Gasteiger partial charge in [0.05, 0.1) is 0 Å². The summed E-state index contributed by atoms with van der Waals surface area (Å²) in [6.07, 6.45) is 0. The fourth-order valence-electron chi connectivity index (χ4n) is 7.64. The van der Waals surface area contributed by atoms with E-state index in [4.69, 9.17) is 40.0 Å². The highest BCUT2D eigenvalue weighted by molar-refractivity contribution is 6.93. The van der Waals surface area contributed by atoms with Crippen molar-refractivity contribution in [3.05, 3.63) is 121 Å². The minimum absolute atomic E-state index is 0.587. The third-order valence-electron chi connectivity index (χ3n) is 10.1. The van der Waals surface area contributed by atoms with Gasteiger partial charge in [0, 0.05) is 50.8 Å². The normalized spacial score (nSPS) is 12.1. The van der Waals surface area contributed by atoms with E-state index in [0.717, 1.165) is 77.2 Å². The molecule has 8 nitrogen and oxygen atoms in total. The fraction of sp³-hybridized carbons (Fsp3) is 0.0244. The van der Waals surface area contributed by atoms with Gasteiger partial charge in [0.2, 0.25) is 0 Å². The van der Waals surface area contributed by atoms with Crippen LogP contribution in [-0.2, 0) is 7.05 Å². The highest BCUT2D eigenvalue weighted by Gasteiger charge is 2.24.